The second-order valence-electron chi connectivity index (χ2n) is 6.69. The van der Waals surface area contributed by atoms with E-state index in [-0.39, 0.29) is 6.10 Å². The number of nitrogens with one attached hydrogen (secondary N) is 1. The van der Waals surface area contributed by atoms with Crippen molar-refractivity contribution < 1.29 is 4.74 Å². The van der Waals surface area contributed by atoms with Crippen LogP contribution in [0, 0.1) is 0 Å². The molecule has 0 bridgehead atoms. The molecule has 1 fully saturated rings. The summed E-state index contributed by atoms with van der Waals surface area (Å²) in [4.78, 5) is 19.4. The molecule has 28 heavy (non-hydrogen) atoms. The van der Waals surface area contributed by atoms with Crippen LogP contribution in [0.1, 0.15) is 11.8 Å². The van der Waals surface area contributed by atoms with E-state index in [4.69, 9.17) is 21.3 Å². The lowest BCUT2D eigenvalue weighted by Gasteiger charge is -2.33. The first-order valence-corrected chi connectivity index (χ1v) is 9.54. The number of halogens is 1. The van der Waals surface area contributed by atoms with Gasteiger partial charge in [-0.15, -0.1) is 0 Å². The van der Waals surface area contributed by atoms with Gasteiger partial charge in [-0.25, -0.2) is 9.97 Å². The Kier molecular flexibility index (Phi) is 4.43. The minimum absolute atomic E-state index is 0.0590. The zero-order chi connectivity index (χ0) is 18.9. The molecule has 4 heterocycles. The number of fused-ring (bicyclic) bond motifs is 1. The SMILES string of the molecule is Clc1cccc(-c2nc3ccc(N4CCOC(c5ccccn5)C4)nc3[nH]2)c1. The lowest BCUT2D eigenvalue weighted by molar-refractivity contribution is 0.0368. The van der Waals surface area contributed by atoms with E-state index in [2.05, 4.69) is 19.9 Å². The fourth-order valence-electron chi connectivity index (χ4n) is 3.44. The number of pyridine rings is 2. The van der Waals surface area contributed by atoms with Crippen molar-refractivity contribution in [1.29, 1.82) is 0 Å². The van der Waals surface area contributed by atoms with Crippen LogP contribution in [0.3, 0.4) is 0 Å². The Hall–Kier alpha value is -2.96. The molecule has 6 nitrogen and oxygen atoms in total. The number of nitrogens with zero attached hydrogens (tertiary/aromatic N) is 4. The third kappa shape index (κ3) is 3.32. The number of H-pyrrole nitrogens is 1. The van der Waals surface area contributed by atoms with Gasteiger partial charge in [0.25, 0.3) is 0 Å². The molecule has 0 aliphatic carbocycles. The monoisotopic (exact) mass is 391 g/mol. The smallest absolute Gasteiger partial charge is 0.160 e. The molecule has 1 aliphatic rings. The predicted octanol–water partition coefficient (Wildman–Crippen LogP) is 4.25. The summed E-state index contributed by atoms with van der Waals surface area (Å²) in [5.74, 6) is 1.66. The molecule has 1 atom stereocenters. The van der Waals surface area contributed by atoms with E-state index < -0.39 is 0 Å². The number of ether oxygens (including phenoxy) is 1. The summed E-state index contributed by atoms with van der Waals surface area (Å²) in [6.45, 7) is 2.14. The Morgan fingerprint density at radius 3 is 2.89 bits per heavy atom. The van der Waals surface area contributed by atoms with Crippen LogP contribution >= 0.6 is 11.6 Å². The maximum atomic E-state index is 6.10. The normalized spacial score (nSPS) is 17.2. The fourth-order valence-corrected chi connectivity index (χ4v) is 3.63. The van der Waals surface area contributed by atoms with Crippen molar-refractivity contribution in [1.82, 2.24) is 19.9 Å². The van der Waals surface area contributed by atoms with Gasteiger partial charge in [0.15, 0.2) is 5.65 Å². The Labute approximate surface area is 167 Å². The largest absolute Gasteiger partial charge is 0.368 e. The number of hydrogen-bond acceptors (Lipinski definition) is 5. The van der Waals surface area contributed by atoms with Crippen molar-refractivity contribution in [2.45, 2.75) is 6.10 Å². The number of rotatable bonds is 3. The molecule has 1 aliphatic heterocycles. The third-order valence-electron chi connectivity index (χ3n) is 4.83. The van der Waals surface area contributed by atoms with Gasteiger partial charge in [-0.05, 0) is 36.4 Å². The molecule has 0 amide bonds. The van der Waals surface area contributed by atoms with E-state index >= 15 is 0 Å². The number of imidazole rings is 1. The Morgan fingerprint density at radius 1 is 1.07 bits per heavy atom. The molecule has 1 N–H and O–H groups in total. The van der Waals surface area contributed by atoms with E-state index in [0.717, 1.165) is 40.6 Å². The highest BCUT2D eigenvalue weighted by Gasteiger charge is 2.24. The average Bonchev–Trinajstić information content (AvgIpc) is 3.18. The number of anilines is 1. The zero-order valence-electron chi connectivity index (χ0n) is 15.0. The van der Waals surface area contributed by atoms with Crippen LogP contribution < -0.4 is 4.90 Å². The molecule has 0 saturated carbocycles. The Morgan fingerprint density at radius 2 is 2.04 bits per heavy atom. The van der Waals surface area contributed by atoms with Crippen LogP contribution in [0.15, 0.2) is 60.8 Å². The molecule has 5 rings (SSSR count). The maximum Gasteiger partial charge on any atom is 0.160 e. The predicted molar refractivity (Wildman–Crippen MR) is 109 cm³/mol. The van der Waals surface area contributed by atoms with Crippen molar-refractivity contribution in [2.75, 3.05) is 24.6 Å². The standard InChI is InChI=1S/C21H18ClN5O/c22-15-5-3-4-14(12-15)20-24-17-7-8-19(25-21(17)26-20)27-10-11-28-18(13-27)16-6-1-2-9-23-16/h1-9,12,18H,10-11,13H2,(H,24,25,26). The van der Waals surface area contributed by atoms with Gasteiger partial charge in [0.05, 0.1) is 18.8 Å². The van der Waals surface area contributed by atoms with Gasteiger partial charge < -0.3 is 14.6 Å². The highest BCUT2D eigenvalue weighted by atomic mass is 35.5. The van der Waals surface area contributed by atoms with Crippen molar-refractivity contribution in [3.05, 3.63) is 71.5 Å². The molecule has 4 aromatic rings. The highest BCUT2D eigenvalue weighted by molar-refractivity contribution is 6.30. The van der Waals surface area contributed by atoms with E-state index in [9.17, 15) is 0 Å². The summed E-state index contributed by atoms with van der Waals surface area (Å²) in [5, 5.41) is 0.681. The van der Waals surface area contributed by atoms with Gasteiger partial charge >= 0.3 is 0 Å². The quantitative estimate of drug-likeness (QED) is 0.565. The van der Waals surface area contributed by atoms with Crippen LogP contribution in [0.2, 0.25) is 5.02 Å². The fraction of sp³-hybridized carbons (Fsp3) is 0.190. The molecule has 1 aromatic carbocycles. The molecule has 140 valence electrons. The minimum Gasteiger partial charge on any atom is -0.368 e. The van der Waals surface area contributed by atoms with Gasteiger partial charge in [0.2, 0.25) is 0 Å². The molecule has 3 aromatic heterocycles. The van der Waals surface area contributed by atoms with Crippen LogP contribution in [0.25, 0.3) is 22.6 Å². The van der Waals surface area contributed by atoms with Gasteiger partial charge in [0, 0.05) is 23.3 Å². The van der Waals surface area contributed by atoms with Crippen LogP contribution in [0.5, 0.6) is 0 Å². The second kappa shape index (κ2) is 7.22. The molecule has 0 radical (unpaired) electrons. The number of aromatic nitrogens is 4. The number of hydrogen-bond donors (Lipinski definition) is 1. The summed E-state index contributed by atoms with van der Waals surface area (Å²) in [6, 6.07) is 17.5. The number of morpholine rings is 1. The van der Waals surface area contributed by atoms with Gasteiger partial charge in [-0.1, -0.05) is 29.8 Å². The van der Waals surface area contributed by atoms with Crippen molar-refractivity contribution in [2.24, 2.45) is 0 Å². The summed E-state index contributed by atoms with van der Waals surface area (Å²) in [7, 11) is 0. The molecular formula is C21H18ClN5O. The van der Waals surface area contributed by atoms with Crippen molar-refractivity contribution >= 4 is 28.6 Å². The van der Waals surface area contributed by atoms with E-state index in [1.165, 1.54) is 0 Å². The van der Waals surface area contributed by atoms with Crippen LogP contribution in [-0.2, 0) is 4.74 Å². The first-order valence-electron chi connectivity index (χ1n) is 9.16. The summed E-state index contributed by atoms with van der Waals surface area (Å²) in [6.07, 6.45) is 1.74. The summed E-state index contributed by atoms with van der Waals surface area (Å²) >= 11 is 6.10. The van der Waals surface area contributed by atoms with Gasteiger partial charge in [0.1, 0.15) is 23.3 Å². The number of benzene rings is 1. The molecule has 0 spiro atoms. The maximum absolute atomic E-state index is 6.10. The van der Waals surface area contributed by atoms with E-state index in [1.54, 1.807) is 6.20 Å². The average molecular weight is 392 g/mol. The first-order chi connectivity index (χ1) is 13.8. The summed E-state index contributed by atoms with van der Waals surface area (Å²) < 4.78 is 5.91. The highest BCUT2D eigenvalue weighted by Crippen LogP contribution is 2.27. The molecule has 1 saturated heterocycles. The minimum atomic E-state index is -0.0590. The van der Waals surface area contributed by atoms with Gasteiger partial charge in [-0.2, -0.15) is 0 Å². The van der Waals surface area contributed by atoms with Crippen LogP contribution in [0.4, 0.5) is 5.82 Å². The zero-order valence-corrected chi connectivity index (χ0v) is 15.8. The lowest BCUT2D eigenvalue weighted by Crippen LogP contribution is -2.39. The van der Waals surface area contributed by atoms with Crippen molar-refractivity contribution in [3.8, 4) is 11.4 Å². The summed E-state index contributed by atoms with van der Waals surface area (Å²) in [5.41, 5.74) is 3.47. The first kappa shape index (κ1) is 17.2. The van der Waals surface area contributed by atoms with Crippen molar-refractivity contribution in [3.63, 3.8) is 0 Å². The molecule has 1 unspecified atom stereocenters. The Bertz CT molecular complexity index is 1110. The van der Waals surface area contributed by atoms with E-state index in [1.807, 2.05) is 54.6 Å². The molecule has 7 heteroatoms. The Balaban J connectivity index is 1.43. The van der Waals surface area contributed by atoms with E-state index in [0.29, 0.717) is 18.2 Å². The lowest BCUT2D eigenvalue weighted by atomic mass is 10.2. The topological polar surface area (TPSA) is 66.9 Å². The number of aromatic amines is 1. The second-order valence-corrected chi connectivity index (χ2v) is 7.13. The molecular weight excluding hydrogens is 374 g/mol. The third-order valence-corrected chi connectivity index (χ3v) is 5.07. The van der Waals surface area contributed by atoms with Crippen LogP contribution in [-0.4, -0.2) is 39.6 Å². The van der Waals surface area contributed by atoms with Gasteiger partial charge in [-0.3, -0.25) is 4.98 Å².